The van der Waals surface area contributed by atoms with E-state index in [1.807, 2.05) is 0 Å². The zero-order valence-electron chi connectivity index (χ0n) is 5.58. The summed E-state index contributed by atoms with van der Waals surface area (Å²) in [6, 6.07) is -0.0212. The van der Waals surface area contributed by atoms with Crippen LogP contribution in [-0.4, -0.2) is 27.5 Å². The molecule has 1 rings (SSSR count). The Labute approximate surface area is 61.3 Å². The highest BCUT2D eigenvalue weighted by molar-refractivity contribution is 7.61. The summed E-state index contributed by atoms with van der Waals surface area (Å²) in [6.07, 6.45) is 1.91. The molecule has 1 aliphatic heterocycles. The first-order valence-electron chi connectivity index (χ1n) is 3.30. The lowest BCUT2D eigenvalue weighted by molar-refractivity contribution is 0.461. The predicted molar refractivity (Wildman–Crippen MR) is 37.2 cm³/mol. The smallest absolute Gasteiger partial charge is 0.311 e. The van der Waals surface area contributed by atoms with Crippen LogP contribution in [0.25, 0.3) is 0 Å². The Hall–Kier alpha value is -0.420. The molecule has 0 bridgehead atoms. The quantitative estimate of drug-likeness (QED) is 0.581. The van der Waals surface area contributed by atoms with Crippen molar-refractivity contribution >= 4 is 10.5 Å². The van der Waals surface area contributed by atoms with Crippen LogP contribution in [-0.2, 0) is 10.5 Å². The van der Waals surface area contributed by atoms with Gasteiger partial charge in [0, 0.05) is 6.54 Å². The molecule has 5 heteroatoms. The minimum absolute atomic E-state index is 0.0212. The lowest BCUT2D eigenvalue weighted by Crippen LogP contribution is -2.32. The van der Waals surface area contributed by atoms with E-state index in [1.165, 1.54) is 0 Å². The van der Waals surface area contributed by atoms with E-state index < -0.39 is 10.5 Å². The van der Waals surface area contributed by atoms with Gasteiger partial charge in [0.25, 0.3) is 0 Å². The zero-order valence-corrected chi connectivity index (χ0v) is 6.39. The predicted octanol–water partition coefficient (Wildman–Crippen LogP) is -0.199. The summed E-state index contributed by atoms with van der Waals surface area (Å²) in [5.41, 5.74) is 0. The second-order valence-corrected chi connectivity index (χ2v) is 2.97. The van der Waals surface area contributed by atoms with Crippen LogP contribution in [0.3, 0.4) is 0 Å². The van der Waals surface area contributed by atoms with Crippen molar-refractivity contribution < 1.29 is 8.42 Å². The molecule has 0 saturated carbocycles. The second kappa shape index (κ2) is 3.68. The highest BCUT2D eigenvalue weighted by Crippen LogP contribution is 2.04. The Morgan fingerprint density at radius 1 is 1.50 bits per heavy atom. The molecule has 1 N–H and O–H groups in total. The van der Waals surface area contributed by atoms with E-state index in [9.17, 15) is 8.42 Å². The van der Waals surface area contributed by atoms with Crippen LogP contribution in [0.15, 0.2) is 4.36 Å². The van der Waals surface area contributed by atoms with Gasteiger partial charge < -0.3 is 5.32 Å². The third-order valence-electron chi connectivity index (χ3n) is 1.51. The van der Waals surface area contributed by atoms with Gasteiger partial charge in [-0.25, -0.2) is 0 Å². The summed E-state index contributed by atoms with van der Waals surface area (Å²) in [4.78, 5) is 0. The molecule has 1 saturated heterocycles. The van der Waals surface area contributed by atoms with Gasteiger partial charge in [-0.2, -0.15) is 12.8 Å². The lowest BCUT2D eigenvalue weighted by Gasteiger charge is -2.16. The van der Waals surface area contributed by atoms with Crippen molar-refractivity contribution in [3.63, 3.8) is 0 Å². The lowest BCUT2D eigenvalue weighted by atomic mass is 10.1. The van der Waals surface area contributed by atoms with Gasteiger partial charge in [-0.1, -0.05) is 0 Å². The fourth-order valence-electron chi connectivity index (χ4n) is 1.05. The molecule has 0 aromatic heterocycles. The molecule has 1 unspecified atom stereocenters. The minimum atomic E-state index is -2.23. The minimum Gasteiger partial charge on any atom is -0.315 e. The van der Waals surface area contributed by atoms with Crippen molar-refractivity contribution in [2.45, 2.75) is 18.9 Å². The van der Waals surface area contributed by atoms with Crippen LogP contribution in [0, 0.1) is 0 Å². The summed E-state index contributed by atoms with van der Waals surface area (Å²) in [6.45, 7) is 1.69. The molecule has 0 aliphatic carbocycles. The molecule has 10 heavy (non-hydrogen) atoms. The molecular formula is C5H10N2O2S. The van der Waals surface area contributed by atoms with E-state index in [0.717, 1.165) is 19.4 Å². The Morgan fingerprint density at radius 2 is 2.30 bits per heavy atom. The fraction of sp³-hybridized carbons (Fsp3) is 1.00. The van der Waals surface area contributed by atoms with Crippen LogP contribution < -0.4 is 5.32 Å². The number of nitrogens with one attached hydrogen (secondary N) is 1. The maximum Gasteiger partial charge on any atom is 0.311 e. The average molecular weight is 162 g/mol. The van der Waals surface area contributed by atoms with E-state index in [4.69, 9.17) is 0 Å². The van der Waals surface area contributed by atoms with E-state index in [-0.39, 0.29) is 6.04 Å². The molecule has 0 aromatic rings. The standard InChI is InChI=1S/C5H10N2O2S/c8-10(9)7-5-2-1-3-6-4-5/h5-6H,1-4H2. The summed E-state index contributed by atoms with van der Waals surface area (Å²) in [5, 5.41) is 3.07. The SMILES string of the molecule is O=S(=O)=NC1CCCNC1. The zero-order chi connectivity index (χ0) is 7.40. The number of nitrogens with zero attached hydrogens (tertiary/aromatic N) is 1. The van der Waals surface area contributed by atoms with Gasteiger partial charge in [0.15, 0.2) is 0 Å². The summed E-state index contributed by atoms with van der Waals surface area (Å²) in [5.74, 6) is 0. The molecule has 1 atom stereocenters. The first-order chi connectivity index (χ1) is 4.79. The van der Waals surface area contributed by atoms with E-state index >= 15 is 0 Å². The molecule has 0 spiro atoms. The molecule has 0 radical (unpaired) electrons. The highest BCUT2D eigenvalue weighted by Gasteiger charge is 2.10. The summed E-state index contributed by atoms with van der Waals surface area (Å²) >= 11 is 0. The van der Waals surface area contributed by atoms with Gasteiger partial charge in [0.05, 0.1) is 6.04 Å². The molecule has 4 nitrogen and oxygen atoms in total. The summed E-state index contributed by atoms with van der Waals surface area (Å²) < 4.78 is 23.6. The van der Waals surface area contributed by atoms with E-state index in [2.05, 4.69) is 9.68 Å². The Balaban J connectivity index is 2.48. The number of rotatable bonds is 1. The van der Waals surface area contributed by atoms with Gasteiger partial charge in [-0.15, -0.1) is 0 Å². The monoisotopic (exact) mass is 162 g/mol. The largest absolute Gasteiger partial charge is 0.315 e. The molecule has 1 fully saturated rings. The van der Waals surface area contributed by atoms with Crippen LogP contribution >= 0.6 is 0 Å². The van der Waals surface area contributed by atoms with Crippen molar-refractivity contribution in [1.29, 1.82) is 0 Å². The average Bonchev–Trinajstić information content (AvgIpc) is 1.88. The Morgan fingerprint density at radius 3 is 2.80 bits per heavy atom. The van der Waals surface area contributed by atoms with Crippen LogP contribution in [0.5, 0.6) is 0 Å². The second-order valence-electron chi connectivity index (χ2n) is 2.32. The maximum atomic E-state index is 10.1. The van der Waals surface area contributed by atoms with Crippen molar-refractivity contribution in [3.05, 3.63) is 0 Å². The van der Waals surface area contributed by atoms with Gasteiger partial charge in [-0.05, 0) is 19.4 Å². The third-order valence-corrected chi connectivity index (χ3v) is 1.98. The molecule has 0 aromatic carbocycles. The summed E-state index contributed by atoms with van der Waals surface area (Å²) in [7, 11) is -2.23. The molecule has 1 aliphatic rings. The first kappa shape index (κ1) is 7.68. The molecule has 1 heterocycles. The van der Waals surface area contributed by atoms with Crippen LogP contribution in [0.2, 0.25) is 0 Å². The van der Waals surface area contributed by atoms with Crippen molar-refractivity contribution in [1.82, 2.24) is 5.32 Å². The van der Waals surface area contributed by atoms with Gasteiger partial charge >= 0.3 is 10.5 Å². The Bertz CT molecular complexity index is 208. The maximum absolute atomic E-state index is 10.1. The molecular weight excluding hydrogens is 152 g/mol. The van der Waals surface area contributed by atoms with Crippen molar-refractivity contribution in [2.75, 3.05) is 13.1 Å². The van der Waals surface area contributed by atoms with Gasteiger partial charge in [-0.3, -0.25) is 0 Å². The van der Waals surface area contributed by atoms with Crippen LogP contribution in [0.4, 0.5) is 0 Å². The fourth-order valence-corrected chi connectivity index (χ4v) is 1.47. The Kier molecular flexibility index (Phi) is 2.82. The van der Waals surface area contributed by atoms with Crippen LogP contribution in [0.1, 0.15) is 12.8 Å². The van der Waals surface area contributed by atoms with Crippen molar-refractivity contribution in [2.24, 2.45) is 4.36 Å². The topological polar surface area (TPSA) is 58.5 Å². The van der Waals surface area contributed by atoms with E-state index in [1.54, 1.807) is 0 Å². The molecule has 0 amide bonds. The van der Waals surface area contributed by atoms with E-state index in [0.29, 0.717) is 6.54 Å². The van der Waals surface area contributed by atoms with Gasteiger partial charge in [0.2, 0.25) is 0 Å². The number of piperidine rings is 1. The number of hydrogen-bond donors (Lipinski definition) is 1. The molecule has 58 valence electrons. The van der Waals surface area contributed by atoms with Gasteiger partial charge in [0.1, 0.15) is 0 Å². The third kappa shape index (κ3) is 2.45. The highest BCUT2D eigenvalue weighted by atomic mass is 32.2. The normalized spacial score (nSPS) is 25.8. The number of hydrogen-bond acceptors (Lipinski definition) is 4. The first-order valence-corrected chi connectivity index (χ1v) is 4.33. The van der Waals surface area contributed by atoms with Crippen molar-refractivity contribution in [3.8, 4) is 0 Å².